The Kier molecular flexibility index (Phi) is 3.64. The number of aromatic nitrogens is 2. The van der Waals surface area contributed by atoms with Crippen LogP contribution < -0.4 is 0 Å². The van der Waals surface area contributed by atoms with E-state index in [9.17, 15) is 9.59 Å². The van der Waals surface area contributed by atoms with Gasteiger partial charge in [0, 0.05) is 25.8 Å². The van der Waals surface area contributed by atoms with Crippen molar-refractivity contribution in [1.82, 2.24) is 20.0 Å². The third-order valence-electron chi connectivity index (χ3n) is 3.24. The van der Waals surface area contributed by atoms with Crippen molar-refractivity contribution in [1.29, 1.82) is 0 Å². The smallest absolute Gasteiger partial charge is 0.257 e. The molecule has 0 radical (unpaired) electrons. The normalized spacial score (nSPS) is 14.9. The summed E-state index contributed by atoms with van der Waals surface area (Å²) in [5.74, 6) is -0.154. The molecule has 1 saturated heterocycles. The van der Waals surface area contributed by atoms with Crippen molar-refractivity contribution in [3.63, 3.8) is 0 Å². The molecule has 1 N–H and O–H groups in total. The molecule has 1 aliphatic heterocycles. The van der Waals surface area contributed by atoms with Crippen LogP contribution in [0.4, 0.5) is 0 Å². The maximum Gasteiger partial charge on any atom is 0.257 e. The number of carbonyl (C=O) groups is 2. The second-order valence-electron chi connectivity index (χ2n) is 4.66. The van der Waals surface area contributed by atoms with Gasteiger partial charge in [0.1, 0.15) is 0 Å². The predicted octanol–water partition coefficient (Wildman–Crippen LogP) is 0.413. The van der Waals surface area contributed by atoms with Crippen molar-refractivity contribution >= 4 is 11.8 Å². The maximum absolute atomic E-state index is 12.1. The highest BCUT2D eigenvalue weighted by Gasteiger charge is 2.22. The van der Waals surface area contributed by atoms with Gasteiger partial charge in [-0.1, -0.05) is 0 Å². The Labute approximate surface area is 106 Å². The first kappa shape index (κ1) is 12.6. The topological polar surface area (TPSA) is 69.3 Å². The molecule has 0 unspecified atom stereocenters. The number of nitrogens with zero attached hydrogens (tertiary/aromatic N) is 3. The number of hydrogen-bond acceptors (Lipinski definition) is 3. The first-order chi connectivity index (χ1) is 8.59. The largest absolute Gasteiger partial charge is 0.341 e. The molecule has 18 heavy (non-hydrogen) atoms. The number of likely N-dealkylation sites (tertiary alicyclic amines) is 1. The van der Waals surface area contributed by atoms with Crippen molar-refractivity contribution in [2.24, 2.45) is 0 Å². The Morgan fingerprint density at radius 1 is 1.44 bits per heavy atom. The summed E-state index contributed by atoms with van der Waals surface area (Å²) < 4.78 is 0. The van der Waals surface area contributed by atoms with E-state index in [1.54, 1.807) is 14.0 Å². The molecule has 0 spiro atoms. The average molecular weight is 250 g/mol. The van der Waals surface area contributed by atoms with Gasteiger partial charge in [-0.2, -0.15) is 5.10 Å². The molecule has 2 amide bonds. The third-order valence-corrected chi connectivity index (χ3v) is 3.24. The number of likely N-dealkylation sites (N-methyl/N-ethyl adjacent to an activating group) is 1. The minimum absolute atomic E-state index is 0.0181. The fourth-order valence-electron chi connectivity index (χ4n) is 2.11. The third kappa shape index (κ3) is 2.52. The molecule has 1 aromatic heterocycles. The van der Waals surface area contributed by atoms with E-state index in [4.69, 9.17) is 0 Å². The van der Waals surface area contributed by atoms with Gasteiger partial charge in [-0.15, -0.1) is 0 Å². The van der Waals surface area contributed by atoms with Crippen molar-refractivity contribution in [2.75, 3.05) is 26.7 Å². The van der Waals surface area contributed by atoms with E-state index in [1.165, 1.54) is 11.1 Å². The number of H-pyrrole nitrogens is 1. The molecule has 1 aliphatic rings. The number of carbonyl (C=O) groups excluding carboxylic acids is 2. The Morgan fingerprint density at radius 3 is 2.67 bits per heavy atom. The highest BCUT2D eigenvalue weighted by atomic mass is 16.2. The van der Waals surface area contributed by atoms with Gasteiger partial charge in [0.05, 0.1) is 18.3 Å². The zero-order valence-corrected chi connectivity index (χ0v) is 10.8. The summed E-state index contributed by atoms with van der Waals surface area (Å²) in [4.78, 5) is 27.2. The van der Waals surface area contributed by atoms with Crippen molar-refractivity contribution < 1.29 is 9.59 Å². The lowest BCUT2D eigenvalue weighted by Crippen LogP contribution is -2.39. The zero-order chi connectivity index (χ0) is 13.1. The van der Waals surface area contributed by atoms with Crippen LogP contribution in [-0.4, -0.2) is 58.5 Å². The van der Waals surface area contributed by atoms with Crippen LogP contribution in [0.2, 0.25) is 0 Å². The van der Waals surface area contributed by atoms with Crippen molar-refractivity contribution in [3.8, 4) is 0 Å². The number of aryl methyl sites for hydroxylation is 1. The predicted molar refractivity (Wildman–Crippen MR) is 66.1 cm³/mol. The van der Waals surface area contributed by atoms with E-state index in [0.717, 1.165) is 31.6 Å². The fourth-order valence-corrected chi connectivity index (χ4v) is 2.11. The van der Waals surface area contributed by atoms with Gasteiger partial charge in [-0.05, 0) is 19.8 Å². The Hall–Kier alpha value is -1.85. The van der Waals surface area contributed by atoms with E-state index in [2.05, 4.69) is 10.2 Å². The summed E-state index contributed by atoms with van der Waals surface area (Å²) in [6.07, 6.45) is 3.61. The molecule has 0 aliphatic carbocycles. The van der Waals surface area contributed by atoms with Crippen LogP contribution in [0, 0.1) is 6.92 Å². The molecule has 2 rings (SSSR count). The molecule has 1 aromatic rings. The first-order valence-electron chi connectivity index (χ1n) is 6.13. The number of hydrogen-bond donors (Lipinski definition) is 1. The van der Waals surface area contributed by atoms with Gasteiger partial charge in [0.25, 0.3) is 5.91 Å². The second-order valence-corrected chi connectivity index (χ2v) is 4.66. The Bertz CT molecular complexity index is 449. The lowest BCUT2D eigenvalue weighted by atomic mass is 10.2. The molecule has 98 valence electrons. The average Bonchev–Trinajstić information content (AvgIpc) is 2.98. The molecule has 2 heterocycles. The number of rotatable bonds is 3. The van der Waals surface area contributed by atoms with Gasteiger partial charge in [-0.25, -0.2) is 0 Å². The van der Waals surface area contributed by atoms with Crippen LogP contribution in [0.25, 0.3) is 0 Å². The minimum Gasteiger partial charge on any atom is -0.341 e. The molecule has 6 nitrogen and oxygen atoms in total. The molecular formula is C12H18N4O2. The van der Waals surface area contributed by atoms with Gasteiger partial charge >= 0.3 is 0 Å². The van der Waals surface area contributed by atoms with Crippen molar-refractivity contribution in [3.05, 3.63) is 17.5 Å². The quantitative estimate of drug-likeness (QED) is 0.845. The number of amides is 2. The molecule has 0 bridgehead atoms. The van der Waals surface area contributed by atoms with E-state index in [0.29, 0.717) is 5.56 Å². The molecule has 6 heteroatoms. The number of nitrogens with one attached hydrogen (secondary N) is 1. The summed E-state index contributed by atoms with van der Waals surface area (Å²) in [5, 5.41) is 6.53. The van der Waals surface area contributed by atoms with E-state index >= 15 is 0 Å². The molecular weight excluding hydrogens is 232 g/mol. The Balaban J connectivity index is 1.95. The van der Waals surface area contributed by atoms with E-state index in [-0.39, 0.29) is 18.4 Å². The van der Waals surface area contributed by atoms with Gasteiger partial charge in [0.2, 0.25) is 5.91 Å². The van der Waals surface area contributed by atoms with Crippen LogP contribution in [-0.2, 0) is 4.79 Å². The molecule has 0 saturated carbocycles. The number of aromatic amines is 1. The molecule has 0 aromatic carbocycles. The lowest BCUT2D eigenvalue weighted by Gasteiger charge is -2.21. The summed E-state index contributed by atoms with van der Waals surface area (Å²) in [6.45, 7) is 3.54. The van der Waals surface area contributed by atoms with E-state index in [1.807, 2.05) is 4.90 Å². The summed E-state index contributed by atoms with van der Waals surface area (Å²) in [5.41, 5.74) is 1.24. The maximum atomic E-state index is 12.1. The van der Waals surface area contributed by atoms with Gasteiger partial charge in [-0.3, -0.25) is 14.7 Å². The molecule has 0 atom stereocenters. The molecule has 1 fully saturated rings. The van der Waals surface area contributed by atoms with E-state index < -0.39 is 0 Å². The van der Waals surface area contributed by atoms with Crippen LogP contribution in [0.3, 0.4) is 0 Å². The van der Waals surface area contributed by atoms with Crippen LogP contribution in [0.15, 0.2) is 6.20 Å². The summed E-state index contributed by atoms with van der Waals surface area (Å²) in [7, 11) is 1.64. The van der Waals surface area contributed by atoms with Crippen molar-refractivity contribution in [2.45, 2.75) is 19.8 Å². The van der Waals surface area contributed by atoms with Gasteiger partial charge < -0.3 is 9.80 Å². The monoisotopic (exact) mass is 250 g/mol. The minimum atomic E-state index is -0.172. The van der Waals surface area contributed by atoms with Crippen LogP contribution >= 0.6 is 0 Å². The highest BCUT2D eigenvalue weighted by Crippen LogP contribution is 2.10. The highest BCUT2D eigenvalue weighted by molar-refractivity contribution is 5.97. The zero-order valence-electron chi connectivity index (χ0n) is 10.8. The first-order valence-corrected chi connectivity index (χ1v) is 6.13. The SMILES string of the molecule is Cc1[nH]ncc1C(=O)N(C)CC(=O)N1CCCC1. The summed E-state index contributed by atoms with van der Waals surface area (Å²) in [6, 6.07) is 0. The second kappa shape index (κ2) is 5.20. The summed E-state index contributed by atoms with van der Waals surface area (Å²) >= 11 is 0. The van der Waals surface area contributed by atoms with Crippen LogP contribution in [0.5, 0.6) is 0 Å². The standard InChI is InChI=1S/C12H18N4O2/c1-9-10(7-13-14-9)12(18)15(2)8-11(17)16-5-3-4-6-16/h7H,3-6,8H2,1-2H3,(H,13,14). The fraction of sp³-hybridized carbons (Fsp3) is 0.583. The van der Waals surface area contributed by atoms with Crippen LogP contribution in [0.1, 0.15) is 28.9 Å². The van der Waals surface area contributed by atoms with Gasteiger partial charge in [0.15, 0.2) is 0 Å². The lowest BCUT2D eigenvalue weighted by molar-refractivity contribution is -0.130. The Morgan fingerprint density at radius 2 is 2.11 bits per heavy atom.